The fourth-order valence-corrected chi connectivity index (χ4v) is 1.82. The van der Waals surface area contributed by atoms with E-state index in [-0.39, 0.29) is 12.2 Å². The molecule has 1 atom stereocenters. The smallest absolute Gasteiger partial charge is 0.307 e. The van der Waals surface area contributed by atoms with Crippen molar-refractivity contribution in [2.75, 3.05) is 7.11 Å². The van der Waals surface area contributed by atoms with Crippen molar-refractivity contribution in [2.24, 2.45) is 5.73 Å². The molecule has 15 heavy (non-hydrogen) atoms. The molecule has 1 unspecified atom stereocenters. The standard InChI is InChI=1S/C10H11BrFNO2/c1-15-10(14)5-9(13)7-3-2-6(12)4-8(7)11/h2-4,9H,5,13H2,1H3. The van der Waals surface area contributed by atoms with E-state index in [1.165, 1.54) is 19.2 Å². The molecule has 0 aliphatic heterocycles. The van der Waals surface area contributed by atoms with Gasteiger partial charge < -0.3 is 10.5 Å². The molecule has 0 heterocycles. The van der Waals surface area contributed by atoms with Gasteiger partial charge in [-0.3, -0.25) is 4.79 Å². The SMILES string of the molecule is COC(=O)CC(N)c1ccc(F)cc1Br. The van der Waals surface area contributed by atoms with Crippen LogP contribution in [0.2, 0.25) is 0 Å². The first-order valence-electron chi connectivity index (χ1n) is 4.32. The summed E-state index contributed by atoms with van der Waals surface area (Å²) in [6.45, 7) is 0. The average molecular weight is 276 g/mol. The van der Waals surface area contributed by atoms with Crippen LogP contribution in [0.3, 0.4) is 0 Å². The summed E-state index contributed by atoms with van der Waals surface area (Å²) < 4.78 is 17.8. The van der Waals surface area contributed by atoms with E-state index >= 15 is 0 Å². The molecule has 0 aliphatic rings. The van der Waals surface area contributed by atoms with Crippen LogP contribution in [-0.2, 0) is 9.53 Å². The summed E-state index contributed by atoms with van der Waals surface area (Å²) in [6, 6.07) is 3.67. The highest BCUT2D eigenvalue weighted by Gasteiger charge is 2.14. The number of hydrogen-bond donors (Lipinski definition) is 1. The van der Waals surface area contributed by atoms with Crippen LogP contribution in [0.5, 0.6) is 0 Å². The normalized spacial score (nSPS) is 12.3. The predicted molar refractivity (Wildman–Crippen MR) is 57.7 cm³/mol. The molecule has 82 valence electrons. The molecular weight excluding hydrogens is 265 g/mol. The molecule has 0 saturated carbocycles. The summed E-state index contributed by atoms with van der Waals surface area (Å²) in [5.41, 5.74) is 6.45. The van der Waals surface area contributed by atoms with Gasteiger partial charge in [0, 0.05) is 10.5 Å². The van der Waals surface area contributed by atoms with Crippen LogP contribution in [-0.4, -0.2) is 13.1 Å². The number of rotatable bonds is 3. The monoisotopic (exact) mass is 275 g/mol. The Balaban J connectivity index is 2.82. The van der Waals surface area contributed by atoms with Crippen molar-refractivity contribution in [2.45, 2.75) is 12.5 Å². The number of hydrogen-bond acceptors (Lipinski definition) is 3. The highest BCUT2D eigenvalue weighted by molar-refractivity contribution is 9.10. The molecule has 0 fully saturated rings. The van der Waals surface area contributed by atoms with Gasteiger partial charge in [-0.05, 0) is 17.7 Å². The van der Waals surface area contributed by atoms with E-state index in [0.29, 0.717) is 10.0 Å². The van der Waals surface area contributed by atoms with Gasteiger partial charge in [0.05, 0.1) is 13.5 Å². The van der Waals surface area contributed by atoms with Gasteiger partial charge >= 0.3 is 5.97 Å². The number of nitrogens with two attached hydrogens (primary N) is 1. The minimum absolute atomic E-state index is 0.0702. The molecule has 0 aliphatic carbocycles. The Bertz CT molecular complexity index is 370. The lowest BCUT2D eigenvalue weighted by molar-refractivity contribution is -0.141. The number of ether oxygens (including phenoxy) is 1. The van der Waals surface area contributed by atoms with Crippen LogP contribution >= 0.6 is 15.9 Å². The van der Waals surface area contributed by atoms with Crippen molar-refractivity contribution in [3.8, 4) is 0 Å². The van der Waals surface area contributed by atoms with Crippen molar-refractivity contribution in [3.05, 3.63) is 34.1 Å². The Morgan fingerprint density at radius 1 is 1.67 bits per heavy atom. The molecule has 0 spiro atoms. The van der Waals surface area contributed by atoms with Crippen molar-refractivity contribution in [1.29, 1.82) is 0 Å². The van der Waals surface area contributed by atoms with Crippen LogP contribution in [0.15, 0.2) is 22.7 Å². The number of carbonyl (C=O) groups is 1. The lowest BCUT2D eigenvalue weighted by Gasteiger charge is -2.12. The summed E-state index contributed by atoms with van der Waals surface area (Å²) in [4.78, 5) is 11.0. The van der Waals surface area contributed by atoms with Gasteiger partial charge in [-0.2, -0.15) is 0 Å². The molecular formula is C10H11BrFNO2. The predicted octanol–water partition coefficient (Wildman–Crippen LogP) is 2.15. The zero-order chi connectivity index (χ0) is 11.4. The third-order valence-electron chi connectivity index (χ3n) is 1.98. The Morgan fingerprint density at radius 3 is 2.87 bits per heavy atom. The minimum atomic E-state index is -0.493. The Kier molecular flexibility index (Phi) is 4.23. The third-order valence-corrected chi connectivity index (χ3v) is 2.66. The average Bonchev–Trinajstić information content (AvgIpc) is 2.17. The molecule has 0 aromatic heterocycles. The van der Waals surface area contributed by atoms with E-state index in [1.54, 1.807) is 6.07 Å². The fourth-order valence-electron chi connectivity index (χ4n) is 1.18. The summed E-state index contributed by atoms with van der Waals surface area (Å²) in [5.74, 6) is -0.741. The maximum atomic E-state index is 12.8. The molecule has 5 heteroatoms. The highest BCUT2D eigenvalue weighted by Crippen LogP contribution is 2.24. The van der Waals surface area contributed by atoms with Crippen molar-refractivity contribution in [3.63, 3.8) is 0 Å². The number of carbonyl (C=O) groups excluding carboxylic acids is 1. The van der Waals surface area contributed by atoms with Gasteiger partial charge in [0.2, 0.25) is 0 Å². The van der Waals surface area contributed by atoms with Crippen molar-refractivity contribution >= 4 is 21.9 Å². The van der Waals surface area contributed by atoms with Crippen LogP contribution in [0.4, 0.5) is 4.39 Å². The lowest BCUT2D eigenvalue weighted by atomic mass is 10.1. The molecule has 1 aromatic carbocycles. The van der Waals surface area contributed by atoms with E-state index in [1.807, 2.05) is 0 Å². The van der Waals surface area contributed by atoms with Gasteiger partial charge in [-0.15, -0.1) is 0 Å². The Morgan fingerprint density at radius 2 is 2.33 bits per heavy atom. The van der Waals surface area contributed by atoms with Crippen molar-refractivity contribution in [1.82, 2.24) is 0 Å². The van der Waals surface area contributed by atoms with E-state index in [2.05, 4.69) is 20.7 Å². The fraction of sp³-hybridized carbons (Fsp3) is 0.300. The van der Waals surface area contributed by atoms with Crippen LogP contribution in [0.25, 0.3) is 0 Å². The van der Waals surface area contributed by atoms with Crippen LogP contribution < -0.4 is 5.73 Å². The number of esters is 1. The number of benzene rings is 1. The Hall–Kier alpha value is -0.940. The third kappa shape index (κ3) is 3.28. The molecule has 1 aromatic rings. The second-order valence-electron chi connectivity index (χ2n) is 3.05. The first kappa shape index (κ1) is 12.1. The Labute approximate surface area is 95.5 Å². The van der Waals surface area contributed by atoms with Gasteiger partial charge in [0.1, 0.15) is 5.82 Å². The van der Waals surface area contributed by atoms with Crippen LogP contribution in [0, 0.1) is 5.82 Å². The quantitative estimate of drug-likeness (QED) is 0.860. The van der Waals surface area contributed by atoms with E-state index in [9.17, 15) is 9.18 Å². The highest BCUT2D eigenvalue weighted by atomic mass is 79.9. The minimum Gasteiger partial charge on any atom is -0.469 e. The maximum absolute atomic E-state index is 12.8. The topological polar surface area (TPSA) is 52.3 Å². The summed E-state index contributed by atoms with van der Waals surface area (Å²) in [6.07, 6.45) is 0.0702. The van der Waals surface area contributed by atoms with Gasteiger partial charge in [-0.25, -0.2) is 4.39 Å². The lowest BCUT2D eigenvalue weighted by Crippen LogP contribution is -2.16. The molecule has 0 amide bonds. The second kappa shape index (κ2) is 5.23. The first-order chi connectivity index (χ1) is 7.04. The second-order valence-corrected chi connectivity index (χ2v) is 3.91. The molecule has 0 saturated heterocycles. The number of methoxy groups -OCH3 is 1. The van der Waals surface area contributed by atoms with Crippen LogP contribution in [0.1, 0.15) is 18.0 Å². The van der Waals surface area contributed by atoms with Gasteiger partial charge in [0.15, 0.2) is 0 Å². The van der Waals surface area contributed by atoms with Crippen molar-refractivity contribution < 1.29 is 13.9 Å². The molecule has 2 N–H and O–H groups in total. The number of halogens is 2. The molecule has 1 rings (SSSR count). The summed E-state index contributed by atoms with van der Waals surface area (Å²) in [7, 11) is 1.30. The van der Waals surface area contributed by atoms with E-state index in [0.717, 1.165) is 0 Å². The maximum Gasteiger partial charge on any atom is 0.307 e. The largest absolute Gasteiger partial charge is 0.469 e. The van der Waals surface area contributed by atoms with E-state index in [4.69, 9.17) is 5.73 Å². The molecule has 3 nitrogen and oxygen atoms in total. The summed E-state index contributed by atoms with van der Waals surface area (Å²) >= 11 is 3.19. The zero-order valence-electron chi connectivity index (χ0n) is 8.17. The van der Waals surface area contributed by atoms with Gasteiger partial charge in [0.25, 0.3) is 0 Å². The molecule has 0 bridgehead atoms. The zero-order valence-corrected chi connectivity index (χ0v) is 9.75. The van der Waals surface area contributed by atoms with Gasteiger partial charge in [-0.1, -0.05) is 22.0 Å². The van der Waals surface area contributed by atoms with E-state index < -0.39 is 12.0 Å². The first-order valence-corrected chi connectivity index (χ1v) is 5.11. The summed E-state index contributed by atoms with van der Waals surface area (Å²) in [5, 5.41) is 0. The molecule has 0 radical (unpaired) electrons.